The summed E-state index contributed by atoms with van der Waals surface area (Å²) in [5.41, 5.74) is 4.26. The zero-order valence-electron chi connectivity index (χ0n) is 21.0. The number of nitrogens with zero attached hydrogens (tertiary/aromatic N) is 4. The van der Waals surface area contributed by atoms with Crippen molar-refractivity contribution in [2.24, 2.45) is 5.10 Å². The fourth-order valence-electron chi connectivity index (χ4n) is 3.74. The van der Waals surface area contributed by atoms with Crippen LogP contribution in [0.15, 0.2) is 65.8 Å². The number of benzene rings is 3. The number of anilines is 3. The van der Waals surface area contributed by atoms with E-state index >= 15 is 0 Å². The van der Waals surface area contributed by atoms with Crippen molar-refractivity contribution in [2.45, 2.75) is 6.92 Å². The van der Waals surface area contributed by atoms with E-state index in [1.54, 1.807) is 43.3 Å². The highest BCUT2D eigenvalue weighted by Crippen LogP contribution is 2.34. The number of nitrogens with one attached hydrogen (secondary N) is 2. The maximum Gasteiger partial charge on any atom is 0.301 e. The first-order valence-corrected chi connectivity index (χ1v) is 13.3. The van der Waals surface area contributed by atoms with Gasteiger partial charge in [0.2, 0.25) is 6.79 Å². The van der Waals surface area contributed by atoms with Gasteiger partial charge in [-0.25, -0.2) is 4.98 Å². The largest absolute Gasteiger partial charge is 0.454 e. The predicted octanol–water partition coefficient (Wildman–Crippen LogP) is 7.58. The third-order valence-electron chi connectivity index (χ3n) is 5.72. The van der Waals surface area contributed by atoms with E-state index < -0.39 is 21.2 Å². The molecule has 2 heterocycles. The Morgan fingerprint density at radius 2 is 1.83 bits per heavy atom. The van der Waals surface area contributed by atoms with Crippen molar-refractivity contribution in [3.05, 3.63) is 107 Å². The van der Waals surface area contributed by atoms with Crippen LogP contribution in [0.25, 0.3) is 6.08 Å². The maximum absolute atomic E-state index is 11.6. The normalized spacial score (nSPS) is 12.5. The highest BCUT2D eigenvalue weighted by atomic mass is 35.5. The lowest BCUT2D eigenvalue weighted by molar-refractivity contribution is -0.393. The van der Waals surface area contributed by atoms with Crippen LogP contribution in [-0.2, 0) is 0 Å². The smallest absolute Gasteiger partial charge is 0.301 e. The Bertz CT molecular complexity index is 1740. The van der Waals surface area contributed by atoms with Gasteiger partial charge in [-0.3, -0.25) is 25.7 Å². The Balaban J connectivity index is 1.50. The van der Waals surface area contributed by atoms with E-state index in [-0.39, 0.29) is 12.5 Å². The van der Waals surface area contributed by atoms with Gasteiger partial charge in [0.1, 0.15) is 11.4 Å². The summed E-state index contributed by atoms with van der Waals surface area (Å²) in [6.07, 6.45) is 3.50. The molecule has 0 amide bonds. The number of nitro benzene ring substituents is 2. The molecule has 41 heavy (non-hydrogen) atoms. The molecule has 0 unspecified atom stereocenters. The second-order valence-electron chi connectivity index (χ2n) is 8.46. The minimum atomic E-state index is -0.718. The molecular formula is C26H18Cl2N6O6S. The average molecular weight is 613 g/mol. The molecule has 15 heteroatoms. The van der Waals surface area contributed by atoms with E-state index in [1.165, 1.54) is 17.4 Å². The molecule has 0 aliphatic carbocycles. The second kappa shape index (κ2) is 11.8. The van der Waals surface area contributed by atoms with Gasteiger partial charge in [0.05, 0.1) is 36.5 Å². The molecule has 1 aliphatic rings. The molecular weight excluding hydrogens is 595 g/mol. The van der Waals surface area contributed by atoms with Crippen molar-refractivity contribution in [2.75, 3.05) is 17.5 Å². The topological polar surface area (TPSA) is 154 Å². The molecule has 4 aromatic rings. The summed E-state index contributed by atoms with van der Waals surface area (Å²) >= 11 is 13.4. The van der Waals surface area contributed by atoms with E-state index in [9.17, 15) is 20.2 Å². The average Bonchev–Trinajstić information content (AvgIpc) is 3.56. The number of nitro groups is 2. The van der Waals surface area contributed by atoms with E-state index in [1.807, 2.05) is 12.1 Å². The van der Waals surface area contributed by atoms with Crippen LogP contribution < -0.4 is 20.2 Å². The summed E-state index contributed by atoms with van der Waals surface area (Å²) in [5, 5.41) is 31.7. The molecule has 5 rings (SSSR count). The Morgan fingerprint density at radius 3 is 2.59 bits per heavy atom. The molecule has 12 nitrogen and oxygen atoms in total. The molecule has 3 aromatic carbocycles. The second-order valence-corrected chi connectivity index (χ2v) is 10.3. The van der Waals surface area contributed by atoms with Crippen LogP contribution in [0, 0.1) is 27.2 Å². The fourth-order valence-corrected chi connectivity index (χ4v) is 4.99. The molecule has 1 aliphatic heterocycles. The zero-order chi connectivity index (χ0) is 29.1. The van der Waals surface area contributed by atoms with Crippen molar-refractivity contribution in [1.82, 2.24) is 4.98 Å². The lowest BCUT2D eigenvalue weighted by atomic mass is 10.1. The summed E-state index contributed by atoms with van der Waals surface area (Å²) in [7, 11) is 0. The van der Waals surface area contributed by atoms with Gasteiger partial charge in [-0.2, -0.15) is 5.10 Å². The molecule has 0 spiro atoms. The van der Waals surface area contributed by atoms with Crippen molar-refractivity contribution >= 4 is 74.2 Å². The number of hydrogen-bond acceptors (Lipinski definition) is 11. The first-order chi connectivity index (χ1) is 19.7. The van der Waals surface area contributed by atoms with Crippen LogP contribution in [-0.4, -0.2) is 27.3 Å². The third kappa shape index (κ3) is 6.38. The quantitative estimate of drug-likeness (QED) is 0.110. The molecule has 208 valence electrons. The summed E-state index contributed by atoms with van der Waals surface area (Å²) < 4.78 is 10.8. The van der Waals surface area contributed by atoms with Crippen LogP contribution >= 0.6 is 34.5 Å². The lowest BCUT2D eigenvalue weighted by Gasteiger charge is -2.05. The van der Waals surface area contributed by atoms with Crippen molar-refractivity contribution < 1.29 is 19.3 Å². The molecule has 1 aromatic heterocycles. The van der Waals surface area contributed by atoms with E-state index in [0.29, 0.717) is 48.6 Å². The molecule has 0 fully saturated rings. The number of hydrazone groups is 1. The van der Waals surface area contributed by atoms with Gasteiger partial charge in [0.15, 0.2) is 16.6 Å². The van der Waals surface area contributed by atoms with Crippen LogP contribution in [0.5, 0.6) is 11.5 Å². The van der Waals surface area contributed by atoms with Gasteiger partial charge >= 0.3 is 5.69 Å². The first kappa shape index (κ1) is 27.8. The van der Waals surface area contributed by atoms with Crippen LogP contribution in [0.4, 0.5) is 27.9 Å². The Hall–Kier alpha value is -4.72. The van der Waals surface area contributed by atoms with Gasteiger partial charge < -0.3 is 14.8 Å². The number of halogens is 2. The van der Waals surface area contributed by atoms with E-state index in [2.05, 4.69) is 20.8 Å². The SMILES string of the molecule is Cc1nc(Nc2ccc(Cl)c(Cl)c2)sc1C(/C=C\c1ccc2c(c1)OCO2)=N\Nc1ccc([N+](=O)[O-])cc1[N+](=O)[O-]. The fraction of sp³-hybridized carbons (Fsp3) is 0.0769. The first-order valence-electron chi connectivity index (χ1n) is 11.7. The molecule has 0 saturated carbocycles. The van der Waals surface area contributed by atoms with Crippen molar-refractivity contribution in [3.8, 4) is 11.5 Å². The summed E-state index contributed by atoms with van der Waals surface area (Å²) in [6, 6.07) is 13.8. The van der Waals surface area contributed by atoms with E-state index in [4.69, 9.17) is 32.7 Å². The monoisotopic (exact) mass is 612 g/mol. The number of aryl methyl sites for hydroxylation is 1. The molecule has 2 N–H and O–H groups in total. The summed E-state index contributed by atoms with van der Waals surface area (Å²) in [4.78, 5) is 26.5. The standard InChI is InChI=1S/C26H18Cl2N6O6S/c1-14-25(41-26(29-14)30-16-4-6-18(27)19(28)11-16)21(7-2-15-3-9-23-24(10-15)40-13-39-23)32-31-20-8-5-17(33(35)36)12-22(20)34(37)38/h2-12,31H,13H2,1H3,(H,29,30)/b7-2-,32-21-. The van der Waals surface area contributed by atoms with Gasteiger partial charge in [0.25, 0.3) is 5.69 Å². The third-order valence-corrected chi connectivity index (χ3v) is 7.55. The minimum absolute atomic E-state index is 0.0223. The Labute approximate surface area is 246 Å². The lowest BCUT2D eigenvalue weighted by Crippen LogP contribution is -2.03. The van der Waals surface area contributed by atoms with Crippen LogP contribution in [0.3, 0.4) is 0 Å². The van der Waals surface area contributed by atoms with Gasteiger partial charge in [0, 0.05) is 11.8 Å². The van der Waals surface area contributed by atoms with Gasteiger partial charge in [-0.15, -0.1) is 0 Å². The highest BCUT2D eigenvalue weighted by molar-refractivity contribution is 7.18. The van der Waals surface area contributed by atoms with E-state index in [0.717, 1.165) is 17.7 Å². The number of aromatic nitrogens is 1. The Kier molecular flexibility index (Phi) is 8.01. The number of ether oxygens (including phenoxy) is 2. The van der Waals surface area contributed by atoms with Crippen LogP contribution in [0.1, 0.15) is 16.1 Å². The minimum Gasteiger partial charge on any atom is -0.454 e. The molecule has 0 saturated heterocycles. The highest BCUT2D eigenvalue weighted by Gasteiger charge is 2.20. The maximum atomic E-state index is 11.6. The van der Waals surface area contributed by atoms with Crippen molar-refractivity contribution in [3.63, 3.8) is 0 Å². The van der Waals surface area contributed by atoms with Gasteiger partial charge in [-0.1, -0.05) is 46.7 Å². The number of thiazole rings is 1. The molecule has 0 bridgehead atoms. The number of fused-ring (bicyclic) bond motifs is 1. The number of rotatable bonds is 9. The Morgan fingerprint density at radius 1 is 1.02 bits per heavy atom. The molecule has 0 atom stereocenters. The number of allylic oxidation sites excluding steroid dienone is 1. The predicted molar refractivity (Wildman–Crippen MR) is 158 cm³/mol. The zero-order valence-corrected chi connectivity index (χ0v) is 23.3. The molecule has 0 radical (unpaired) electrons. The number of hydrogen-bond donors (Lipinski definition) is 2. The summed E-state index contributed by atoms with van der Waals surface area (Å²) in [5.74, 6) is 1.24. The van der Waals surface area contributed by atoms with Crippen molar-refractivity contribution in [1.29, 1.82) is 0 Å². The summed E-state index contributed by atoms with van der Waals surface area (Å²) in [6.45, 7) is 1.94. The van der Waals surface area contributed by atoms with Crippen LogP contribution in [0.2, 0.25) is 10.0 Å². The van der Waals surface area contributed by atoms with Gasteiger partial charge in [-0.05, 0) is 55.0 Å². The number of non-ortho nitro benzene ring substituents is 1.